The molecule has 0 amide bonds. The van der Waals surface area contributed by atoms with E-state index >= 15 is 0 Å². The van der Waals surface area contributed by atoms with E-state index in [4.69, 9.17) is 16.3 Å². The third kappa shape index (κ3) is 3.21. The van der Waals surface area contributed by atoms with Gasteiger partial charge >= 0.3 is 0 Å². The van der Waals surface area contributed by atoms with Crippen LogP contribution in [-0.2, 0) is 4.74 Å². The van der Waals surface area contributed by atoms with Crippen molar-refractivity contribution in [3.05, 3.63) is 5.28 Å². The second-order valence-corrected chi connectivity index (χ2v) is 6.42. The van der Waals surface area contributed by atoms with Gasteiger partial charge in [0.1, 0.15) is 0 Å². The summed E-state index contributed by atoms with van der Waals surface area (Å²) >= 11 is 6.11. The maximum atomic E-state index is 6.11. The zero-order chi connectivity index (χ0) is 14.9. The minimum Gasteiger partial charge on any atom is -0.377 e. The molecule has 0 aliphatic carbocycles. The Hall–Kier alpha value is -1.14. The predicted octanol–water partition coefficient (Wildman–Crippen LogP) is 2.13. The fourth-order valence-corrected chi connectivity index (χ4v) is 3.22. The van der Waals surface area contributed by atoms with Gasteiger partial charge in [0, 0.05) is 33.3 Å². The molecule has 3 heterocycles. The average molecular weight is 312 g/mol. The highest BCUT2D eigenvalue weighted by Crippen LogP contribution is 2.28. The van der Waals surface area contributed by atoms with Gasteiger partial charge in [-0.2, -0.15) is 15.0 Å². The van der Waals surface area contributed by atoms with Crippen LogP contribution in [0.5, 0.6) is 0 Å². The predicted molar refractivity (Wildman–Crippen MR) is 83.1 cm³/mol. The lowest BCUT2D eigenvalue weighted by Gasteiger charge is -2.39. The van der Waals surface area contributed by atoms with Gasteiger partial charge in [-0.15, -0.1) is 0 Å². The molecule has 3 rings (SSSR count). The van der Waals surface area contributed by atoms with Gasteiger partial charge in [-0.05, 0) is 44.2 Å². The Morgan fingerprint density at radius 1 is 1.00 bits per heavy atom. The number of hydrogen-bond donors (Lipinski definition) is 0. The Kier molecular flexibility index (Phi) is 4.17. The Balaban J connectivity index is 1.84. The molecule has 2 aliphatic rings. The van der Waals surface area contributed by atoms with Crippen molar-refractivity contribution in [1.29, 1.82) is 0 Å². The first-order valence-electron chi connectivity index (χ1n) is 7.56. The van der Waals surface area contributed by atoms with Gasteiger partial charge in [0.05, 0.1) is 5.60 Å². The summed E-state index contributed by atoms with van der Waals surface area (Å²) in [6, 6.07) is 0. The van der Waals surface area contributed by atoms with Crippen LogP contribution in [0.4, 0.5) is 11.9 Å². The third-order valence-electron chi connectivity index (χ3n) is 4.41. The summed E-state index contributed by atoms with van der Waals surface area (Å²) in [5, 5.41) is 0.270. The molecule has 0 N–H and O–H groups in total. The van der Waals surface area contributed by atoms with E-state index in [2.05, 4.69) is 31.7 Å². The van der Waals surface area contributed by atoms with Crippen LogP contribution in [0.2, 0.25) is 5.28 Å². The molecular formula is C14H22ClN5O. The summed E-state index contributed by atoms with van der Waals surface area (Å²) in [7, 11) is 1.76. The molecule has 0 radical (unpaired) electrons. The quantitative estimate of drug-likeness (QED) is 0.852. The number of nitrogens with zero attached hydrogens (tertiary/aromatic N) is 5. The molecule has 0 spiro atoms. The molecule has 21 heavy (non-hydrogen) atoms. The van der Waals surface area contributed by atoms with Crippen LogP contribution in [0.3, 0.4) is 0 Å². The van der Waals surface area contributed by atoms with Gasteiger partial charge < -0.3 is 14.5 Å². The SMILES string of the molecule is COC1(C)CCCN(c2nc(Cl)nc(N3CCCC3)n2)C1. The molecule has 1 aromatic heterocycles. The molecule has 0 aromatic carbocycles. The first-order chi connectivity index (χ1) is 10.1. The highest BCUT2D eigenvalue weighted by molar-refractivity contribution is 6.28. The topological polar surface area (TPSA) is 54.4 Å². The lowest BCUT2D eigenvalue weighted by Crippen LogP contribution is -2.48. The Morgan fingerprint density at radius 2 is 1.62 bits per heavy atom. The number of rotatable bonds is 3. The maximum absolute atomic E-state index is 6.11. The van der Waals surface area contributed by atoms with Crippen molar-refractivity contribution in [2.24, 2.45) is 0 Å². The van der Waals surface area contributed by atoms with Crippen molar-refractivity contribution in [1.82, 2.24) is 15.0 Å². The van der Waals surface area contributed by atoms with Crippen molar-refractivity contribution in [2.45, 2.75) is 38.2 Å². The van der Waals surface area contributed by atoms with Crippen molar-refractivity contribution >= 4 is 23.5 Å². The largest absolute Gasteiger partial charge is 0.377 e. The average Bonchev–Trinajstić information content (AvgIpc) is 3.01. The zero-order valence-electron chi connectivity index (χ0n) is 12.7. The molecule has 0 saturated carbocycles. The van der Waals surface area contributed by atoms with E-state index in [0.717, 1.165) is 39.0 Å². The Bertz CT molecular complexity index is 508. The number of hydrogen-bond acceptors (Lipinski definition) is 6. The van der Waals surface area contributed by atoms with E-state index in [1.807, 2.05) is 0 Å². The molecule has 2 saturated heterocycles. The fraction of sp³-hybridized carbons (Fsp3) is 0.786. The van der Waals surface area contributed by atoms with Gasteiger partial charge in [0.2, 0.25) is 17.2 Å². The summed E-state index contributed by atoms with van der Waals surface area (Å²) in [5.74, 6) is 1.37. The fourth-order valence-electron chi connectivity index (χ4n) is 3.07. The monoisotopic (exact) mass is 311 g/mol. The maximum Gasteiger partial charge on any atom is 0.231 e. The normalized spacial score (nSPS) is 26.4. The van der Waals surface area contributed by atoms with E-state index in [1.165, 1.54) is 12.8 Å². The van der Waals surface area contributed by atoms with Crippen molar-refractivity contribution < 1.29 is 4.74 Å². The van der Waals surface area contributed by atoms with E-state index in [0.29, 0.717) is 11.9 Å². The van der Waals surface area contributed by atoms with Crippen LogP contribution in [0.25, 0.3) is 0 Å². The van der Waals surface area contributed by atoms with Crippen molar-refractivity contribution in [2.75, 3.05) is 43.1 Å². The molecular weight excluding hydrogens is 290 g/mol. The van der Waals surface area contributed by atoms with Gasteiger partial charge in [-0.1, -0.05) is 0 Å². The molecule has 116 valence electrons. The molecule has 1 atom stereocenters. The van der Waals surface area contributed by atoms with Gasteiger partial charge in [0.15, 0.2) is 0 Å². The van der Waals surface area contributed by atoms with E-state index in [-0.39, 0.29) is 10.9 Å². The first kappa shape index (κ1) is 14.8. The third-order valence-corrected chi connectivity index (χ3v) is 4.58. The molecule has 1 unspecified atom stereocenters. The van der Waals surface area contributed by atoms with Crippen LogP contribution < -0.4 is 9.80 Å². The molecule has 2 fully saturated rings. The van der Waals surface area contributed by atoms with E-state index in [1.54, 1.807) is 7.11 Å². The highest BCUT2D eigenvalue weighted by Gasteiger charge is 2.32. The Labute approximate surface area is 130 Å². The summed E-state index contributed by atoms with van der Waals surface area (Å²) in [6.45, 7) is 5.83. The van der Waals surface area contributed by atoms with Crippen molar-refractivity contribution in [3.63, 3.8) is 0 Å². The highest BCUT2D eigenvalue weighted by atomic mass is 35.5. The zero-order valence-corrected chi connectivity index (χ0v) is 13.4. The summed E-state index contributed by atoms with van der Waals surface area (Å²) in [6.07, 6.45) is 4.48. The van der Waals surface area contributed by atoms with Crippen LogP contribution in [-0.4, -0.2) is 53.8 Å². The van der Waals surface area contributed by atoms with Crippen LogP contribution in [0.1, 0.15) is 32.6 Å². The molecule has 2 aliphatic heterocycles. The van der Waals surface area contributed by atoms with Gasteiger partial charge in [-0.3, -0.25) is 0 Å². The minimum atomic E-state index is -0.148. The Morgan fingerprint density at radius 3 is 2.29 bits per heavy atom. The lowest BCUT2D eigenvalue weighted by molar-refractivity contribution is -0.00499. The first-order valence-corrected chi connectivity index (χ1v) is 7.94. The standard InChI is InChI=1S/C14H22ClN5O/c1-14(21-2)6-5-9-20(10-14)13-17-11(15)16-12(18-13)19-7-3-4-8-19/h3-10H2,1-2H3. The number of ether oxygens (including phenoxy) is 1. The molecule has 1 aromatic rings. The van der Waals surface area contributed by atoms with Gasteiger partial charge in [-0.25, -0.2) is 0 Å². The molecule has 0 bridgehead atoms. The number of piperidine rings is 1. The molecule has 6 nitrogen and oxygen atoms in total. The summed E-state index contributed by atoms with van der Waals surface area (Å²) < 4.78 is 5.63. The number of halogens is 1. The second-order valence-electron chi connectivity index (χ2n) is 6.08. The van der Waals surface area contributed by atoms with Crippen LogP contribution in [0.15, 0.2) is 0 Å². The second kappa shape index (κ2) is 5.93. The molecule has 7 heteroatoms. The smallest absolute Gasteiger partial charge is 0.231 e. The lowest BCUT2D eigenvalue weighted by atomic mass is 9.95. The number of anilines is 2. The van der Waals surface area contributed by atoms with E-state index < -0.39 is 0 Å². The van der Waals surface area contributed by atoms with E-state index in [9.17, 15) is 0 Å². The number of methoxy groups -OCH3 is 1. The summed E-state index contributed by atoms with van der Waals surface area (Å²) in [4.78, 5) is 17.6. The van der Waals surface area contributed by atoms with Gasteiger partial charge in [0.25, 0.3) is 0 Å². The van der Waals surface area contributed by atoms with Crippen LogP contribution in [0, 0.1) is 0 Å². The number of aromatic nitrogens is 3. The van der Waals surface area contributed by atoms with Crippen molar-refractivity contribution in [3.8, 4) is 0 Å². The van der Waals surface area contributed by atoms with Crippen LogP contribution >= 0.6 is 11.6 Å². The minimum absolute atomic E-state index is 0.148. The summed E-state index contributed by atoms with van der Waals surface area (Å²) in [5.41, 5.74) is -0.148.